The van der Waals surface area contributed by atoms with Crippen molar-refractivity contribution in [3.8, 4) is 6.07 Å². The highest BCUT2D eigenvalue weighted by Crippen LogP contribution is 2.32. The summed E-state index contributed by atoms with van der Waals surface area (Å²) in [5, 5.41) is 11.0. The smallest absolute Gasteiger partial charge is 0.210 e. The van der Waals surface area contributed by atoms with Gasteiger partial charge in [0.05, 0.1) is 23.2 Å². The van der Waals surface area contributed by atoms with Crippen molar-refractivity contribution in [1.82, 2.24) is 4.98 Å². The lowest BCUT2D eigenvalue weighted by atomic mass is 10.1. The summed E-state index contributed by atoms with van der Waals surface area (Å²) in [5.74, 6) is 0. The maximum Gasteiger partial charge on any atom is 0.210 e. The number of hydrogen-bond donors (Lipinski definition) is 1. The molecule has 0 amide bonds. The Morgan fingerprint density at radius 1 is 1.06 bits per heavy atom. The van der Waals surface area contributed by atoms with Gasteiger partial charge in [0.15, 0.2) is 0 Å². The Labute approximate surface area is 97.7 Å². The average molecular weight is 217 g/mol. The van der Waals surface area contributed by atoms with Gasteiger partial charge in [-0.05, 0) is 11.5 Å². The molecule has 0 atom stereocenters. The van der Waals surface area contributed by atoms with Crippen LogP contribution in [0.3, 0.4) is 0 Å². The van der Waals surface area contributed by atoms with Gasteiger partial charge in [-0.25, -0.2) is 4.85 Å². The lowest BCUT2D eigenvalue weighted by molar-refractivity contribution is 1.47. The number of aromatic amines is 1. The van der Waals surface area contributed by atoms with Crippen molar-refractivity contribution in [1.29, 1.82) is 5.26 Å². The molecule has 2 aromatic carbocycles. The van der Waals surface area contributed by atoms with Crippen molar-refractivity contribution in [2.45, 2.75) is 0 Å². The summed E-state index contributed by atoms with van der Waals surface area (Å²) < 4.78 is 0. The van der Waals surface area contributed by atoms with Crippen molar-refractivity contribution in [2.75, 3.05) is 0 Å². The molecule has 3 aromatic rings. The second-order valence-corrected chi connectivity index (χ2v) is 3.78. The van der Waals surface area contributed by atoms with Gasteiger partial charge in [-0.2, -0.15) is 5.26 Å². The maximum atomic E-state index is 9.06. The summed E-state index contributed by atoms with van der Waals surface area (Å²) >= 11 is 0. The monoisotopic (exact) mass is 217 g/mol. The fraction of sp³-hybridized carbons (Fsp3) is 0. The summed E-state index contributed by atoms with van der Waals surface area (Å²) in [7, 11) is 0. The third-order valence-corrected chi connectivity index (χ3v) is 2.89. The molecule has 0 fully saturated rings. The predicted molar refractivity (Wildman–Crippen MR) is 66.8 cm³/mol. The molecule has 3 heteroatoms. The number of nitriles is 1. The minimum absolute atomic E-state index is 0.586. The molecule has 0 aliphatic heterocycles. The van der Waals surface area contributed by atoms with E-state index in [-0.39, 0.29) is 0 Å². The van der Waals surface area contributed by atoms with Crippen LogP contribution >= 0.6 is 0 Å². The molecule has 3 nitrogen and oxygen atoms in total. The van der Waals surface area contributed by atoms with E-state index in [1.54, 1.807) is 12.1 Å². The molecule has 17 heavy (non-hydrogen) atoms. The van der Waals surface area contributed by atoms with Crippen LogP contribution in [0.5, 0.6) is 0 Å². The summed E-state index contributed by atoms with van der Waals surface area (Å²) in [6, 6.07) is 13.4. The number of aromatic nitrogens is 1. The Morgan fingerprint density at radius 3 is 2.47 bits per heavy atom. The third-order valence-electron chi connectivity index (χ3n) is 2.89. The minimum Gasteiger partial charge on any atom is -0.363 e. The summed E-state index contributed by atoms with van der Waals surface area (Å²) in [6.45, 7) is 7.14. The number of nitrogens with zero attached hydrogens (tertiary/aromatic N) is 2. The number of rotatable bonds is 0. The second-order valence-electron chi connectivity index (χ2n) is 3.78. The van der Waals surface area contributed by atoms with Crippen LogP contribution in [0.4, 0.5) is 5.69 Å². The molecule has 0 bridgehead atoms. The first-order chi connectivity index (χ1) is 8.35. The molecule has 0 unspecified atom stereocenters. The highest BCUT2D eigenvalue weighted by Gasteiger charge is 2.09. The van der Waals surface area contributed by atoms with E-state index in [0.717, 1.165) is 21.8 Å². The van der Waals surface area contributed by atoms with Crippen LogP contribution in [0.15, 0.2) is 36.4 Å². The maximum absolute atomic E-state index is 9.06. The van der Waals surface area contributed by atoms with Gasteiger partial charge in [0.2, 0.25) is 5.69 Å². The Bertz CT molecular complexity index is 745. The van der Waals surface area contributed by atoms with E-state index in [4.69, 9.17) is 11.8 Å². The zero-order valence-electron chi connectivity index (χ0n) is 8.86. The van der Waals surface area contributed by atoms with Gasteiger partial charge >= 0.3 is 0 Å². The highest BCUT2D eigenvalue weighted by molar-refractivity contribution is 6.12. The molecule has 78 valence electrons. The molecule has 0 saturated carbocycles. The second kappa shape index (κ2) is 3.37. The topological polar surface area (TPSA) is 43.9 Å². The van der Waals surface area contributed by atoms with Gasteiger partial charge in [-0.15, -0.1) is 0 Å². The molecule has 3 rings (SSSR count). The number of fused-ring (bicyclic) bond motifs is 3. The standard InChI is InChI=1S/C14H7N3/c1-16-12-7-3-6-11-10-5-2-4-9(8-15)13(10)17-14(11)12/h2-7,17H. The number of benzene rings is 2. The summed E-state index contributed by atoms with van der Waals surface area (Å²) in [6.07, 6.45) is 0. The van der Waals surface area contributed by atoms with Crippen molar-refractivity contribution in [2.24, 2.45) is 0 Å². The Hall–Kier alpha value is -2.78. The van der Waals surface area contributed by atoms with E-state index in [0.29, 0.717) is 11.3 Å². The quantitative estimate of drug-likeness (QED) is 0.572. The molecule has 0 radical (unpaired) electrons. The summed E-state index contributed by atoms with van der Waals surface area (Å²) in [4.78, 5) is 6.67. The molecular formula is C14H7N3. The molecule has 1 heterocycles. The van der Waals surface area contributed by atoms with Crippen molar-refractivity contribution < 1.29 is 0 Å². The molecule has 0 spiro atoms. The van der Waals surface area contributed by atoms with E-state index in [2.05, 4.69) is 15.9 Å². The molecule has 1 N–H and O–H groups in total. The fourth-order valence-electron chi connectivity index (χ4n) is 2.12. The number of hydrogen-bond acceptors (Lipinski definition) is 1. The van der Waals surface area contributed by atoms with E-state index in [1.165, 1.54) is 0 Å². The first-order valence-electron chi connectivity index (χ1n) is 5.16. The molecule has 0 saturated heterocycles. The van der Waals surface area contributed by atoms with Gasteiger partial charge in [0.1, 0.15) is 6.07 Å². The van der Waals surface area contributed by atoms with Crippen LogP contribution in [0.1, 0.15) is 5.56 Å². The van der Waals surface area contributed by atoms with Crippen LogP contribution in [-0.2, 0) is 0 Å². The van der Waals surface area contributed by atoms with Crippen LogP contribution in [0.25, 0.3) is 26.7 Å². The lowest BCUT2D eigenvalue weighted by Gasteiger charge is -1.92. The van der Waals surface area contributed by atoms with E-state index >= 15 is 0 Å². The number of nitrogens with one attached hydrogen (secondary N) is 1. The fourth-order valence-corrected chi connectivity index (χ4v) is 2.12. The zero-order valence-corrected chi connectivity index (χ0v) is 8.86. The minimum atomic E-state index is 0.586. The van der Waals surface area contributed by atoms with Gasteiger partial charge < -0.3 is 4.98 Å². The van der Waals surface area contributed by atoms with Crippen LogP contribution in [-0.4, -0.2) is 4.98 Å². The van der Waals surface area contributed by atoms with Gasteiger partial charge in [0.25, 0.3) is 0 Å². The molecule has 1 aromatic heterocycles. The zero-order chi connectivity index (χ0) is 11.8. The van der Waals surface area contributed by atoms with Crippen molar-refractivity contribution in [3.63, 3.8) is 0 Å². The van der Waals surface area contributed by atoms with Crippen LogP contribution < -0.4 is 0 Å². The van der Waals surface area contributed by atoms with Crippen molar-refractivity contribution in [3.05, 3.63) is 53.4 Å². The third kappa shape index (κ3) is 1.20. The first kappa shape index (κ1) is 9.45. The first-order valence-corrected chi connectivity index (χ1v) is 5.16. The van der Waals surface area contributed by atoms with E-state index < -0.39 is 0 Å². The van der Waals surface area contributed by atoms with Crippen molar-refractivity contribution >= 4 is 27.5 Å². The largest absolute Gasteiger partial charge is 0.363 e. The predicted octanol–water partition coefficient (Wildman–Crippen LogP) is 3.74. The number of H-pyrrole nitrogens is 1. The SMILES string of the molecule is [C-]#[N+]c1cccc2c1[nH]c1c(C#N)cccc12. The molecule has 0 aliphatic rings. The van der Waals surface area contributed by atoms with Gasteiger partial charge in [0, 0.05) is 5.39 Å². The van der Waals surface area contributed by atoms with Gasteiger partial charge in [-0.1, -0.05) is 30.3 Å². The molecular weight excluding hydrogens is 210 g/mol. The molecule has 0 aliphatic carbocycles. The van der Waals surface area contributed by atoms with Crippen LogP contribution in [0, 0.1) is 17.9 Å². The highest BCUT2D eigenvalue weighted by atomic mass is 14.8. The Morgan fingerprint density at radius 2 is 1.76 bits per heavy atom. The lowest BCUT2D eigenvalue weighted by Crippen LogP contribution is -1.75. The van der Waals surface area contributed by atoms with Gasteiger partial charge in [-0.3, -0.25) is 0 Å². The van der Waals surface area contributed by atoms with E-state index in [1.807, 2.05) is 24.3 Å². The van der Waals surface area contributed by atoms with E-state index in [9.17, 15) is 0 Å². The Kier molecular flexibility index (Phi) is 1.87. The Balaban J connectivity index is 2.60. The van der Waals surface area contributed by atoms with Crippen LogP contribution in [0.2, 0.25) is 0 Å². The summed E-state index contributed by atoms with van der Waals surface area (Å²) in [5.41, 5.74) is 2.80. The number of para-hydroxylation sites is 2. The normalized spacial score (nSPS) is 10.2. The average Bonchev–Trinajstić information content (AvgIpc) is 2.77.